The minimum Gasteiger partial charge on any atom is -0.375 e. The first kappa shape index (κ1) is 10.5. The molecular weight excluding hydrogens is 168 g/mol. The van der Waals surface area contributed by atoms with E-state index in [0.717, 1.165) is 32.5 Å². The van der Waals surface area contributed by atoms with E-state index < -0.39 is 0 Å². The van der Waals surface area contributed by atoms with Crippen molar-refractivity contribution >= 4 is 5.91 Å². The molecule has 1 heterocycles. The van der Waals surface area contributed by atoms with Crippen LogP contribution in [-0.4, -0.2) is 44.2 Å². The summed E-state index contributed by atoms with van der Waals surface area (Å²) in [7, 11) is 1.55. The van der Waals surface area contributed by atoms with Crippen molar-refractivity contribution in [2.45, 2.75) is 12.8 Å². The zero-order valence-electron chi connectivity index (χ0n) is 8.16. The molecule has 4 heteroatoms. The average Bonchev–Trinajstić information content (AvgIpc) is 2.18. The number of hydrogen-bond acceptors (Lipinski definition) is 3. The quantitative estimate of drug-likeness (QED) is 0.666. The Bertz CT molecular complexity index is 165. The largest absolute Gasteiger partial charge is 0.375 e. The van der Waals surface area contributed by atoms with E-state index in [4.69, 9.17) is 10.5 Å². The topological polar surface area (TPSA) is 55.6 Å². The number of piperidine rings is 1. The first-order valence-electron chi connectivity index (χ1n) is 4.74. The summed E-state index contributed by atoms with van der Waals surface area (Å²) in [4.78, 5) is 13.2. The highest BCUT2D eigenvalue weighted by Gasteiger charge is 2.21. The lowest BCUT2D eigenvalue weighted by molar-refractivity contribution is -0.136. The molecule has 0 aliphatic carbocycles. The van der Waals surface area contributed by atoms with Crippen molar-refractivity contribution in [3.63, 3.8) is 0 Å². The third-order valence-electron chi connectivity index (χ3n) is 2.57. The zero-order valence-corrected chi connectivity index (χ0v) is 8.16. The Balaban J connectivity index is 2.28. The Kier molecular flexibility index (Phi) is 4.18. The fraction of sp³-hybridized carbons (Fsp3) is 0.889. The number of hydrogen-bond donors (Lipinski definition) is 1. The van der Waals surface area contributed by atoms with Gasteiger partial charge in [0.05, 0.1) is 0 Å². The maximum absolute atomic E-state index is 11.4. The second-order valence-electron chi connectivity index (χ2n) is 3.49. The summed E-state index contributed by atoms with van der Waals surface area (Å²) in [6, 6.07) is 0. The number of nitrogens with two attached hydrogens (primary N) is 1. The number of nitrogens with zero attached hydrogens (tertiary/aromatic N) is 1. The van der Waals surface area contributed by atoms with Crippen molar-refractivity contribution < 1.29 is 9.53 Å². The Morgan fingerprint density at radius 1 is 1.54 bits per heavy atom. The van der Waals surface area contributed by atoms with Crippen molar-refractivity contribution in [3.8, 4) is 0 Å². The molecule has 0 bridgehead atoms. The van der Waals surface area contributed by atoms with E-state index in [2.05, 4.69) is 0 Å². The molecule has 0 unspecified atom stereocenters. The molecule has 0 atom stereocenters. The van der Waals surface area contributed by atoms with E-state index in [9.17, 15) is 4.79 Å². The molecule has 1 aliphatic rings. The molecular formula is C9H18N2O2. The van der Waals surface area contributed by atoms with E-state index in [-0.39, 0.29) is 12.5 Å². The lowest BCUT2D eigenvalue weighted by Crippen LogP contribution is -2.41. The van der Waals surface area contributed by atoms with E-state index in [1.807, 2.05) is 4.90 Å². The monoisotopic (exact) mass is 186 g/mol. The zero-order chi connectivity index (χ0) is 9.68. The Morgan fingerprint density at radius 2 is 2.15 bits per heavy atom. The second kappa shape index (κ2) is 5.19. The summed E-state index contributed by atoms with van der Waals surface area (Å²) in [6.07, 6.45) is 2.07. The molecule has 1 fully saturated rings. The molecule has 1 saturated heterocycles. The molecule has 0 aromatic carbocycles. The third-order valence-corrected chi connectivity index (χ3v) is 2.57. The minimum absolute atomic E-state index is 0.0953. The van der Waals surface area contributed by atoms with Crippen LogP contribution in [-0.2, 0) is 9.53 Å². The van der Waals surface area contributed by atoms with Crippen LogP contribution in [0.2, 0.25) is 0 Å². The standard InChI is InChI=1S/C9H18N2O2/c1-13-7-9(12)11-4-2-8(6-10)3-5-11/h8H,2-7,10H2,1H3. The lowest BCUT2D eigenvalue weighted by atomic mass is 9.97. The molecule has 76 valence electrons. The van der Waals surface area contributed by atoms with Crippen LogP contribution in [0.5, 0.6) is 0 Å². The van der Waals surface area contributed by atoms with Crippen molar-refractivity contribution in [2.75, 3.05) is 33.4 Å². The number of rotatable bonds is 3. The number of likely N-dealkylation sites (tertiary alicyclic amines) is 1. The van der Waals surface area contributed by atoms with Crippen LogP contribution in [0.3, 0.4) is 0 Å². The maximum atomic E-state index is 11.4. The summed E-state index contributed by atoms with van der Waals surface area (Å²) in [5, 5.41) is 0. The first-order chi connectivity index (χ1) is 6.27. The number of carbonyl (C=O) groups is 1. The molecule has 0 aromatic rings. The van der Waals surface area contributed by atoms with Gasteiger partial charge < -0.3 is 15.4 Å². The van der Waals surface area contributed by atoms with Gasteiger partial charge in [-0.2, -0.15) is 0 Å². The normalized spacial score (nSPS) is 19.1. The molecule has 1 amide bonds. The number of amides is 1. The SMILES string of the molecule is COCC(=O)N1CCC(CN)CC1. The van der Waals surface area contributed by atoms with Crippen LogP contribution < -0.4 is 5.73 Å². The molecule has 0 saturated carbocycles. The molecule has 4 nitrogen and oxygen atoms in total. The molecule has 13 heavy (non-hydrogen) atoms. The summed E-state index contributed by atoms with van der Waals surface area (Å²) in [5.74, 6) is 0.699. The highest BCUT2D eigenvalue weighted by atomic mass is 16.5. The van der Waals surface area contributed by atoms with Crippen molar-refractivity contribution in [2.24, 2.45) is 11.7 Å². The van der Waals surface area contributed by atoms with Gasteiger partial charge >= 0.3 is 0 Å². The molecule has 0 aromatic heterocycles. The predicted molar refractivity (Wildman–Crippen MR) is 50.2 cm³/mol. The van der Waals surface area contributed by atoms with E-state index in [0.29, 0.717) is 5.92 Å². The average molecular weight is 186 g/mol. The highest BCUT2D eigenvalue weighted by molar-refractivity contribution is 5.77. The lowest BCUT2D eigenvalue weighted by Gasteiger charge is -2.31. The van der Waals surface area contributed by atoms with Crippen LogP contribution >= 0.6 is 0 Å². The van der Waals surface area contributed by atoms with E-state index >= 15 is 0 Å². The maximum Gasteiger partial charge on any atom is 0.248 e. The van der Waals surface area contributed by atoms with Gasteiger partial charge in [-0.05, 0) is 25.3 Å². The Labute approximate surface area is 79.0 Å². The minimum atomic E-state index is 0.0953. The van der Waals surface area contributed by atoms with Gasteiger partial charge in [0.15, 0.2) is 0 Å². The summed E-state index contributed by atoms with van der Waals surface area (Å²) < 4.78 is 4.79. The Morgan fingerprint density at radius 3 is 2.62 bits per heavy atom. The van der Waals surface area contributed by atoms with Crippen LogP contribution in [0.25, 0.3) is 0 Å². The summed E-state index contributed by atoms with van der Waals surface area (Å²) in [5.41, 5.74) is 5.56. The smallest absolute Gasteiger partial charge is 0.248 e. The van der Waals surface area contributed by atoms with Gasteiger partial charge in [0, 0.05) is 20.2 Å². The fourth-order valence-corrected chi connectivity index (χ4v) is 1.63. The van der Waals surface area contributed by atoms with Gasteiger partial charge in [0.1, 0.15) is 6.61 Å². The van der Waals surface area contributed by atoms with Gasteiger partial charge in [-0.15, -0.1) is 0 Å². The van der Waals surface area contributed by atoms with E-state index in [1.54, 1.807) is 7.11 Å². The Hall–Kier alpha value is -0.610. The molecule has 0 spiro atoms. The van der Waals surface area contributed by atoms with Crippen LogP contribution in [0.15, 0.2) is 0 Å². The van der Waals surface area contributed by atoms with Crippen LogP contribution in [0, 0.1) is 5.92 Å². The molecule has 1 aliphatic heterocycles. The first-order valence-corrected chi connectivity index (χ1v) is 4.74. The third kappa shape index (κ3) is 2.97. The van der Waals surface area contributed by atoms with Gasteiger partial charge in [-0.3, -0.25) is 4.79 Å². The highest BCUT2D eigenvalue weighted by Crippen LogP contribution is 2.15. The van der Waals surface area contributed by atoms with Crippen molar-refractivity contribution in [1.82, 2.24) is 4.90 Å². The van der Waals surface area contributed by atoms with Crippen molar-refractivity contribution in [1.29, 1.82) is 0 Å². The second-order valence-corrected chi connectivity index (χ2v) is 3.49. The number of ether oxygens (including phenoxy) is 1. The van der Waals surface area contributed by atoms with E-state index in [1.165, 1.54) is 0 Å². The van der Waals surface area contributed by atoms with Crippen LogP contribution in [0.1, 0.15) is 12.8 Å². The predicted octanol–water partition coefficient (Wildman–Crippen LogP) is -0.170. The molecule has 1 rings (SSSR count). The van der Waals surface area contributed by atoms with Gasteiger partial charge in [-0.1, -0.05) is 0 Å². The van der Waals surface area contributed by atoms with Crippen LogP contribution in [0.4, 0.5) is 0 Å². The summed E-state index contributed by atoms with van der Waals surface area (Å²) in [6.45, 7) is 2.62. The van der Waals surface area contributed by atoms with Crippen molar-refractivity contribution in [3.05, 3.63) is 0 Å². The fourth-order valence-electron chi connectivity index (χ4n) is 1.63. The molecule has 2 N–H and O–H groups in total. The van der Waals surface area contributed by atoms with Gasteiger partial charge in [0.25, 0.3) is 0 Å². The number of carbonyl (C=O) groups excluding carboxylic acids is 1. The summed E-state index contributed by atoms with van der Waals surface area (Å²) >= 11 is 0. The number of methoxy groups -OCH3 is 1. The van der Waals surface area contributed by atoms with Gasteiger partial charge in [-0.25, -0.2) is 0 Å². The molecule has 0 radical (unpaired) electrons. The van der Waals surface area contributed by atoms with Gasteiger partial charge in [0.2, 0.25) is 5.91 Å².